The fourth-order valence-electron chi connectivity index (χ4n) is 0. The Bertz CT molecular complexity index is 161. The molecule has 14 heavy (non-hydrogen) atoms. The average molecular weight is 422 g/mol. The van der Waals surface area contributed by atoms with Crippen molar-refractivity contribution in [2.45, 2.75) is 0 Å². The molecule has 0 aliphatic rings. The molecule has 0 bridgehead atoms. The van der Waals surface area contributed by atoms with E-state index in [2.05, 4.69) is 0 Å². The molecule has 0 heterocycles. The Morgan fingerprint density at radius 3 is 0.571 bits per heavy atom. The van der Waals surface area contributed by atoms with Gasteiger partial charge in [-0.25, -0.2) is 0 Å². The van der Waals surface area contributed by atoms with Crippen LogP contribution in [-0.2, 0) is 57.0 Å². The van der Waals surface area contributed by atoms with Gasteiger partial charge in [-0.1, -0.05) is 0 Å². The number of rotatable bonds is 0. The van der Waals surface area contributed by atoms with Crippen LogP contribution in [0.1, 0.15) is 0 Å². The summed E-state index contributed by atoms with van der Waals surface area (Å²) in [4.78, 5) is 32.9. The van der Waals surface area contributed by atoms with Crippen molar-refractivity contribution < 1.29 is 57.0 Å². The summed E-state index contributed by atoms with van der Waals surface area (Å²) < 4.78 is 0. The first kappa shape index (κ1) is 38.7. The molecular weight excluding hydrogens is 422 g/mol. The van der Waals surface area contributed by atoms with Crippen LogP contribution in [0.25, 0.3) is 21.6 Å². The van der Waals surface area contributed by atoms with Gasteiger partial charge in [0, 0.05) is 0 Å². The fourth-order valence-corrected chi connectivity index (χ4v) is 0. The minimum absolute atomic E-state index is 0. The Morgan fingerprint density at radius 1 is 0.571 bits per heavy atom. The van der Waals surface area contributed by atoms with E-state index in [4.69, 9.17) is 40.8 Å². The van der Waals surface area contributed by atoms with Crippen molar-refractivity contribution >= 4 is 24.3 Å². The smallest absolute Gasteiger partial charge is 0.724 e. The number of hydrogen-bond acceptors (Lipinski definition) is 4. The molecule has 0 atom stereocenters. The molecule has 0 saturated heterocycles. The molecule has 1 radical (unpaired) electrons. The van der Waals surface area contributed by atoms with Crippen LogP contribution >= 0.6 is 0 Å². The summed E-state index contributed by atoms with van der Waals surface area (Å²) in [5.74, 6) is 0. The molecular formula is C4CoN4O4Pt. The second-order valence-corrected chi connectivity index (χ2v) is 0.365. The molecule has 0 fully saturated rings. The molecule has 0 amide bonds. The van der Waals surface area contributed by atoms with Gasteiger partial charge in [0.25, 0.3) is 0 Å². The summed E-state index contributed by atoms with van der Waals surface area (Å²) >= 11 is 0. The summed E-state index contributed by atoms with van der Waals surface area (Å²) in [6, 6.07) is 0. The normalized spacial score (nSPS) is 2.29. The van der Waals surface area contributed by atoms with Crippen LogP contribution < -0.4 is 0 Å². The number of hydrogen-bond donors (Lipinski definition) is 0. The van der Waals surface area contributed by atoms with Gasteiger partial charge in [-0.2, -0.15) is 0 Å². The van der Waals surface area contributed by atoms with Crippen LogP contribution in [0.5, 0.6) is 0 Å². The van der Waals surface area contributed by atoms with Gasteiger partial charge in [-0.15, -0.1) is 0 Å². The van der Waals surface area contributed by atoms with Crippen molar-refractivity contribution in [2.75, 3.05) is 0 Å². The first-order chi connectivity index (χ1) is 5.66. The molecule has 0 unspecified atom stereocenters. The van der Waals surface area contributed by atoms with Crippen molar-refractivity contribution in [3.05, 3.63) is 21.6 Å². The summed E-state index contributed by atoms with van der Waals surface area (Å²) in [5.41, 5.74) is 0. The maximum atomic E-state index is 8.24. The maximum absolute atomic E-state index is 8.24. The first-order valence-electron chi connectivity index (χ1n) is 1.71. The van der Waals surface area contributed by atoms with E-state index in [-0.39, 0.29) is 37.8 Å². The molecule has 0 aromatic heterocycles. The van der Waals surface area contributed by atoms with Crippen LogP contribution in [0.3, 0.4) is 0 Å². The molecule has 10 heteroatoms. The first-order valence-corrected chi connectivity index (χ1v) is 1.71. The minimum atomic E-state index is 0. The van der Waals surface area contributed by atoms with Gasteiger partial charge in [-0.3, -0.25) is 19.2 Å². The third-order valence-electron chi connectivity index (χ3n) is 0. The van der Waals surface area contributed by atoms with E-state index in [9.17, 15) is 0 Å². The van der Waals surface area contributed by atoms with E-state index in [1.807, 2.05) is 0 Å². The minimum Gasteiger partial charge on any atom is -0.724 e. The zero-order valence-electron chi connectivity index (χ0n) is 6.07. The monoisotopic (exact) mass is 422 g/mol. The van der Waals surface area contributed by atoms with Crippen molar-refractivity contribution in [3.8, 4) is 0 Å². The van der Waals surface area contributed by atoms with E-state index in [0.717, 1.165) is 0 Å². The molecule has 79 valence electrons. The molecule has 0 aliphatic carbocycles. The second-order valence-electron chi connectivity index (χ2n) is 0.365. The van der Waals surface area contributed by atoms with E-state index < -0.39 is 0 Å². The van der Waals surface area contributed by atoms with Crippen LogP contribution in [-0.4, -0.2) is 24.3 Å². The van der Waals surface area contributed by atoms with Gasteiger partial charge >= 0.3 is 37.8 Å². The zero-order chi connectivity index (χ0) is 10.8. The Morgan fingerprint density at radius 2 is 0.571 bits per heavy atom. The summed E-state index contributed by atoms with van der Waals surface area (Å²) in [7, 11) is 0. The third-order valence-corrected chi connectivity index (χ3v) is 0. The molecule has 0 rings (SSSR count). The van der Waals surface area contributed by atoms with Crippen molar-refractivity contribution in [1.29, 1.82) is 0 Å². The topological polar surface area (TPSA) is 157 Å². The van der Waals surface area contributed by atoms with Gasteiger partial charge in [0.2, 0.25) is 0 Å². The van der Waals surface area contributed by atoms with Crippen molar-refractivity contribution in [1.82, 2.24) is 0 Å². The molecule has 0 spiro atoms. The van der Waals surface area contributed by atoms with Crippen molar-refractivity contribution in [2.24, 2.45) is 0 Å². The van der Waals surface area contributed by atoms with Gasteiger partial charge in [0.15, 0.2) is 0 Å². The standard InChI is InChI=1S/4CNO.Co.Pt/c4*2-1-3;;/q4*-1;2*+2. The Balaban J connectivity index is -0.0000000145. The number of nitrogens with zero attached hydrogens (tertiary/aromatic N) is 4. The quantitative estimate of drug-likeness (QED) is 0.383. The number of isocyanates is 4. The molecule has 0 aromatic carbocycles. The summed E-state index contributed by atoms with van der Waals surface area (Å²) in [5, 5.41) is 27.1. The van der Waals surface area contributed by atoms with E-state index in [0.29, 0.717) is 24.3 Å². The largest absolute Gasteiger partial charge is 2.00 e. The predicted octanol–water partition coefficient (Wildman–Crippen LogP) is -0.439. The molecule has 0 aromatic rings. The SMILES string of the molecule is [Co+2].[N-]=C=O.[N-]=C=O.[N-]=C=O.[N-]=C=O.[Pt+2]. The third kappa shape index (κ3) is 612. The summed E-state index contributed by atoms with van der Waals surface area (Å²) in [6.07, 6.45) is 2.00. The van der Waals surface area contributed by atoms with Crippen LogP contribution in [0.4, 0.5) is 0 Å². The maximum Gasteiger partial charge on any atom is 2.00 e. The Hall–Kier alpha value is -1.29. The Kier molecular flexibility index (Phi) is 504. The fraction of sp³-hybridized carbons (Fsp3) is 0. The molecule has 0 N–H and O–H groups in total. The van der Waals surface area contributed by atoms with Crippen LogP contribution in [0.2, 0.25) is 0 Å². The molecule has 0 aliphatic heterocycles. The zero-order valence-corrected chi connectivity index (χ0v) is 9.38. The van der Waals surface area contributed by atoms with E-state index >= 15 is 0 Å². The van der Waals surface area contributed by atoms with E-state index in [1.165, 1.54) is 0 Å². The molecule has 8 nitrogen and oxygen atoms in total. The van der Waals surface area contributed by atoms with E-state index in [1.54, 1.807) is 0 Å². The van der Waals surface area contributed by atoms with Gasteiger partial charge in [-0.05, 0) is 24.3 Å². The van der Waals surface area contributed by atoms with Crippen LogP contribution in [0.15, 0.2) is 0 Å². The van der Waals surface area contributed by atoms with Crippen molar-refractivity contribution in [3.63, 3.8) is 0 Å². The van der Waals surface area contributed by atoms with Gasteiger partial charge in [0.1, 0.15) is 0 Å². The Labute approximate surface area is 103 Å². The number of carbonyl (C=O) groups excluding carboxylic acids is 4. The predicted molar refractivity (Wildman–Crippen MR) is 36.2 cm³/mol. The van der Waals surface area contributed by atoms with Crippen LogP contribution in [0, 0.1) is 0 Å². The average Bonchev–Trinajstić information content (AvgIpc) is 1.92. The second kappa shape index (κ2) is 182. The molecule has 0 saturated carbocycles. The van der Waals surface area contributed by atoms with Gasteiger partial charge < -0.3 is 21.6 Å². The van der Waals surface area contributed by atoms with Gasteiger partial charge in [0.05, 0.1) is 0 Å². The summed E-state index contributed by atoms with van der Waals surface area (Å²) in [6.45, 7) is 0.